The molecule has 1 aliphatic heterocycles. The number of hydrogen-bond donors (Lipinski definition) is 1. The summed E-state index contributed by atoms with van der Waals surface area (Å²) in [5.74, 6) is -1.31. The second kappa shape index (κ2) is 5.83. The van der Waals surface area contributed by atoms with E-state index in [0.29, 0.717) is 13.0 Å². The van der Waals surface area contributed by atoms with Crippen LogP contribution in [0.4, 0.5) is 0 Å². The summed E-state index contributed by atoms with van der Waals surface area (Å²) in [4.78, 5) is 11.0. The molecule has 0 bridgehead atoms. The molecule has 2 atom stereocenters. The fraction of sp³-hybridized carbons (Fsp3) is 0.462. The van der Waals surface area contributed by atoms with E-state index >= 15 is 0 Å². The molecular formula is C13H16BrNO4S. The molecule has 0 amide bonds. The quantitative estimate of drug-likeness (QED) is 0.893. The minimum Gasteiger partial charge on any atom is -0.480 e. The van der Waals surface area contributed by atoms with Crippen LogP contribution in [0.5, 0.6) is 0 Å². The fourth-order valence-electron chi connectivity index (χ4n) is 2.42. The SMILES string of the molecule is CC(C(=O)O)S(=O)(=O)N1CCCC1c1cccc(Br)c1. The van der Waals surface area contributed by atoms with Crippen LogP contribution in [0.1, 0.15) is 31.4 Å². The number of nitrogens with zero attached hydrogens (tertiary/aromatic N) is 1. The Hall–Kier alpha value is -0.920. The molecule has 1 fully saturated rings. The molecule has 1 aliphatic rings. The summed E-state index contributed by atoms with van der Waals surface area (Å²) in [7, 11) is -3.83. The smallest absolute Gasteiger partial charge is 0.323 e. The van der Waals surface area contributed by atoms with Crippen molar-refractivity contribution in [3.05, 3.63) is 34.3 Å². The average Bonchev–Trinajstić information content (AvgIpc) is 2.87. The van der Waals surface area contributed by atoms with E-state index in [0.717, 1.165) is 16.5 Å². The highest BCUT2D eigenvalue weighted by Crippen LogP contribution is 2.36. The van der Waals surface area contributed by atoms with Crippen LogP contribution >= 0.6 is 15.9 Å². The van der Waals surface area contributed by atoms with Crippen molar-refractivity contribution in [1.82, 2.24) is 4.31 Å². The molecule has 1 heterocycles. The first-order valence-electron chi connectivity index (χ1n) is 6.33. The molecular weight excluding hydrogens is 346 g/mol. The molecule has 0 aromatic heterocycles. The lowest BCUT2D eigenvalue weighted by molar-refractivity contribution is -0.136. The summed E-state index contributed by atoms with van der Waals surface area (Å²) in [6.45, 7) is 1.59. The van der Waals surface area contributed by atoms with Gasteiger partial charge in [0.2, 0.25) is 10.0 Å². The van der Waals surface area contributed by atoms with Gasteiger partial charge in [-0.2, -0.15) is 4.31 Å². The van der Waals surface area contributed by atoms with Crippen molar-refractivity contribution in [3.8, 4) is 0 Å². The molecule has 2 unspecified atom stereocenters. The Labute approximate surface area is 126 Å². The van der Waals surface area contributed by atoms with E-state index in [1.807, 2.05) is 24.3 Å². The first-order chi connectivity index (χ1) is 9.34. The van der Waals surface area contributed by atoms with Gasteiger partial charge < -0.3 is 5.11 Å². The van der Waals surface area contributed by atoms with Gasteiger partial charge in [0.05, 0.1) is 0 Å². The van der Waals surface area contributed by atoms with E-state index in [2.05, 4.69) is 15.9 Å². The summed E-state index contributed by atoms with van der Waals surface area (Å²) < 4.78 is 27.0. The molecule has 1 N–H and O–H groups in total. The summed E-state index contributed by atoms with van der Waals surface area (Å²) in [5.41, 5.74) is 0.887. The van der Waals surface area contributed by atoms with Crippen LogP contribution in [-0.2, 0) is 14.8 Å². The van der Waals surface area contributed by atoms with Gasteiger partial charge in [-0.15, -0.1) is 0 Å². The molecule has 0 aliphatic carbocycles. The third-order valence-corrected chi connectivity index (χ3v) is 6.24. The van der Waals surface area contributed by atoms with Crippen molar-refractivity contribution >= 4 is 31.9 Å². The molecule has 0 radical (unpaired) electrons. The first kappa shape index (κ1) is 15.5. The lowest BCUT2D eigenvalue weighted by Crippen LogP contribution is -2.40. The number of carbonyl (C=O) groups is 1. The van der Waals surface area contributed by atoms with Gasteiger partial charge in [0.1, 0.15) is 0 Å². The number of benzene rings is 1. The highest BCUT2D eigenvalue weighted by Gasteiger charge is 2.40. The van der Waals surface area contributed by atoms with Gasteiger partial charge in [-0.3, -0.25) is 4.79 Å². The number of rotatable bonds is 4. The highest BCUT2D eigenvalue weighted by atomic mass is 79.9. The molecule has 20 heavy (non-hydrogen) atoms. The maximum Gasteiger partial charge on any atom is 0.323 e. The van der Waals surface area contributed by atoms with E-state index in [9.17, 15) is 13.2 Å². The standard InChI is InChI=1S/C13H16BrNO4S/c1-9(13(16)17)20(18,19)15-7-3-6-12(15)10-4-2-5-11(14)8-10/h2,4-5,8-9,12H,3,6-7H2,1H3,(H,16,17). The Bertz CT molecular complexity index is 617. The zero-order valence-corrected chi connectivity index (χ0v) is 13.4. The monoisotopic (exact) mass is 361 g/mol. The molecule has 1 saturated heterocycles. The van der Waals surface area contributed by atoms with Gasteiger partial charge in [0, 0.05) is 17.1 Å². The Morgan fingerprint density at radius 1 is 1.50 bits per heavy atom. The van der Waals surface area contributed by atoms with Crippen molar-refractivity contribution in [2.24, 2.45) is 0 Å². The van der Waals surface area contributed by atoms with Crippen LogP contribution in [0.3, 0.4) is 0 Å². The predicted molar refractivity (Wildman–Crippen MR) is 78.8 cm³/mol. The summed E-state index contributed by atoms with van der Waals surface area (Å²) in [5, 5.41) is 7.54. The maximum atomic E-state index is 12.4. The Morgan fingerprint density at radius 2 is 2.20 bits per heavy atom. The summed E-state index contributed by atoms with van der Waals surface area (Å²) in [6.07, 6.45) is 1.45. The Morgan fingerprint density at radius 3 is 2.80 bits per heavy atom. The zero-order valence-electron chi connectivity index (χ0n) is 11.0. The van der Waals surface area contributed by atoms with Crippen molar-refractivity contribution in [1.29, 1.82) is 0 Å². The maximum absolute atomic E-state index is 12.4. The van der Waals surface area contributed by atoms with E-state index in [4.69, 9.17) is 5.11 Å². The van der Waals surface area contributed by atoms with Gasteiger partial charge >= 0.3 is 5.97 Å². The van der Waals surface area contributed by atoms with Gasteiger partial charge in [-0.1, -0.05) is 28.1 Å². The Balaban J connectivity index is 2.35. The topological polar surface area (TPSA) is 74.7 Å². The van der Waals surface area contributed by atoms with Crippen LogP contribution in [0.25, 0.3) is 0 Å². The van der Waals surface area contributed by atoms with Crippen LogP contribution in [0.2, 0.25) is 0 Å². The molecule has 7 heteroatoms. The van der Waals surface area contributed by atoms with Crippen molar-refractivity contribution in [2.75, 3.05) is 6.54 Å². The summed E-state index contributed by atoms with van der Waals surface area (Å²) >= 11 is 3.37. The second-order valence-electron chi connectivity index (χ2n) is 4.85. The van der Waals surface area contributed by atoms with Crippen molar-refractivity contribution in [3.63, 3.8) is 0 Å². The lowest BCUT2D eigenvalue weighted by Gasteiger charge is -2.26. The largest absolute Gasteiger partial charge is 0.480 e. The average molecular weight is 362 g/mol. The van der Waals surface area contributed by atoms with Crippen molar-refractivity contribution < 1.29 is 18.3 Å². The number of carboxylic acid groups (broad SMARTS) is 1. The number of aliphatic carboxylic acids is 1. The van der Waals surface area contributed by atoms with E-state index in [1.54, 1.807) is 0 Å². The number of halogens is 1. The second-order valence-corrected chi connectivity index (χ2v) is 7.97. The molecule has 1 aromatic carbocycles. The van der Waals surface area contributed by atoms with E-state index in [-0.39, 0.29) is 6.04 Å². The van der Waals surface area contributed by atoms with E-state index in [1.165, 1.54) is 11.2 Å². The van der Waals surface area contributed by atoms with Crippen LogP contribution in [-0.4, -0.2) is 35.6 Å². The molecule has 0 spiro atoms. The molecule has 110 valence electrons. The Kier molecular flexibility index (Phi) is 4.51. The number of carboxylic acids is 1. The molecule has 5 nitrogen and oxygen atoms in total. The summed E-state index contributed by atoms with van der Waals surface area (Å²) in [6, 6.07) is 7.19. The van der Waals surface area contributed by atoms with Crippen molar-refractivity contribution in [2.45, 2.75) is 31.1 Å². The lowest BCUT2D eigenvalue weighted by atomic mass is 10.1. The van der Waals surface area contributed by atoms with Crippen LogP contribution in [0, 0.1) is 0 Å². The normalized spacial score (nSPS) is 21.8. The molecule has 2 rings (SSSR count). The third-order valence-electron chi connectivity index (χ3n) is 3.56. The predicted octanol–water partition coefficient (Wildman–Crippen LogP) is 2.39. The molecule has 0 saturated carbocycles. The number of hydrogen-bond acceptors (Lipinski definition) is 3. The first-order valence-corrected chi connectivity index (χ1v) is 8.62. The fourth-order valence-corrected chi connectivity index (χ4v) is 4.47. The van der Waals surface area contributed by atoms with Gasteiger partial charge in [-0.25, -0.2) is 8.42 Å². The number of sulfonamides is 1. The third kappa shape index (κ3) is 2.89. The highest BCUT2D eigenvalue weighted by molar-refractivity contribution is 9.10. The van der Waals surface area contributed by atoms with Gasteiger partial charge in [-0.05, 0) is 37.5 Å². The van der Waals surface area contributed by atoms with Crippen LogP contribution in [0.15, 0.2) is 28.7 Å². The molecule has 1 aromatic rings. The van der Waals surface area contributed by atoms with Gasteiger partial charge in [0.15, 0.2) is 5.25 Å². The minimum atomic E-state index is -3.83. The van der Waals surface area contributed by atoms with Crippen LogP contribution < -0.4 is 0 Å². The minimum absolute atomic E-state index is 0.278. The van der Waals surface area contributed by atoms with Gasteiger partial charge in [0.25, 0.3) is 0 Å². The zero-order chi connectivity index (χ0) is 14.9. The van der Waals surface area contributed by atoms with E-state index < -0.39 is 21.2 Å².